The number of carboxylic acids is 1. The number of amides is 1. The Morgan fingerprint density at radius 1 is 1.38 bits per heavy atom. The molecule has 128 valence electrons. The minimum absolute atomic E-state index is 0.0616. The monoisotopic (exact) mass is 358 g/mol. The maximum absolute atomic E-state index is 12.4. The lowest BCUT2D eigenvalue weighted by Gasteiger charge is -2.16. The van der Waals surface area contributed by atoms with E-state index in [1.807, 2.05) is 12.2 Å². The largest absolute Gasteiger partial charge is 0.480 e. The molecule has 0 saturated carbocycles. The number of carbonyl (C=O) groups is 2. The average molecular weight is 358 g/mol. The molecule has 0 aliphatic carbocycles. The van der Waals surface area contributed by atoms with Crippen LogP contribution in [0.1, 0.15) is 21.8 Å². The Balaban J connectivity index is 2.18. The maximum Gasteiger partial charge on any atom is 0.391 e. The molecular weight excluding hydrogens is 345 g/mol. The zero-order valence-electron chi connectivity index (χ0n) is 12.4. The fraction of sp³-hybridized carbons (Fsp3) is 0.267. The van der Waals surface area contributed by atoms with E-state index in [0.29, 0.717) is 11.3 Å². The number of halogens is 3. The number of alkyl halides is 3. The van der Waals surface area contributed by atoms with Gasteiger partial charge in [0.05, 0.1) is 17.1 Å². The van der Waals surface area contributed by atoms with Crippen LogP contribution < -0.4 is 5.32 Å². The summed E-state index contributed by atoms with van der Waals surface area (Å²) in [5, 5.41) is 13.4. The molecule has 24 heavy (non-hydrogen) atoms. The molecule has 2 aromatic rings. The third-order valence-electron chi connectivity index (χ3n) is 3.08. The van der Waals surface area contributed by atoms with E-state index in [4.69, 9.17) is 5.11 Å². The molecular formula is C15H13F3N2O3S. The van der Waals surface area contributed by atoms with E-state index >= 15 is 0 Å². The van der Waals surface area contributed by atoms with Gasteiger partial charge in [0.1, 0.15) is 6.04 Å². The van der Waals surface area contributed by atoms with Crippen molar-refractivity contribution < 1.29 is 27.9 Å². The fourth-order valence-corrected chi connectivity index (χ4v) is 2.61. The van der Waals surface area contributed by atoms with Crippen molar-refractivity contribution in [1.29, 1.82) is 0 Å². The normalized spacial score (nSPS) is 12.7. The lowest BCUT2D eigenvalue weighted by Crippen LogP contribution is -2.43. The van der Waals surface area contributed by atoms with Crippen LogP contribution in [-0.4, -0.2) is 34.2 Å². The van der Waals surface area contributed by atoms with Crippen LogP contribution in [0.5, 0.6) is 0 Å². The Hall–Kier alpha value is -2.42. The number of thiazole rings is 1. The van der Waals surface area contributed by atoms with Crippen molar-refractivity contribution in [2.45, 2.75) is 25.6 Å². The lowest BCUT2D eigenvalue weighted by atomic mass is 10.1. The summed E-state index contributed by atoms with van der Waals surface area (Å²) in [6, 6.07) is 4.07. The topological polar surface area (TPSA) is 79.3 Å². The third-order valence-corrected chi connectivity index (χ3v) is 3.85. The first kappa shape index (κ1) is 17.9. The van der Waals surface area contributed by atoms with Gasteiger partial charge in [-0.05, 0) is 19.1 Å². The molecule has 0 spiro atoms. The second-order valence-electron chi connectivity index (χ2n) is 5.02. The molecule has 2 rings (SSSR count). The molecule has 1 unspecified atom stereocenters. The van der Waals surface area contributed by atoms with Crippen molar-refractivity contribution in [2.75, 3.05) is 0 Å². The van der Waals surface area contributed by atoms with E-state index in [0.717, 1.165) is 5.01 Å². The van der Waals surface area contributed by atoms with E-state index in [2.05, 4.69) is 4.98 Å². The van der Waals surface area contributed by atoms with E-state index in [-0.39, 0.29) is 5.56 Å². The van der Waals surface area contributed by atoms with Crippen molar-refractivity contribution >= 4 is 23.2 Å². The van der Waals surface area contributed by atoms with Gasteiger partial charge in [-0.15, -0.1) is 11.3 Å². The van der Waals surface area contributed by atoms with Crippen LogP contribution in [0, 0.1) is 6.92 Å². The first-order valence-corrected chi connectivity index (χ1v) is 7.66. The van der Waals surface area contributed by atoms with Gasteiger partial charge >= 0.3 is 12.1 Å². The van der Waals surface area contributed by atoms with Gasteiger partial charge in [-0.2, -0.15) is 13.2 Å². The highest BCUT2D eigenvalue weighted by atomic mass is 32.1. The van der Waals surface area contributed by atoms with Gasteiger partial charge in [-0.25, -0.2) is 9.78 Å². The molecule has 0 aliphatic heterocycles. The van der Waals surface area contributed by atoms with Crippen molar-refractivity contribution in [3.63, 3.8) is 0 Å². The average Bonchev–Trinajstić information content (AvgIpc) is 2.92. The summed E-state index contributed by atoms with van der Waals surface area (Å²) in [6.45, 7) is 1.82. The minimum Gasteiger partial charge on any atom is -0.480 e. The van der Waals surface area contributed by atoms with Crippen LogP contribution in [0.4, 0.5) is 13.2 Å². The number of aliphatic carboxylic acids is 1. The van der Waals surface area contributed by atoms with Crippen molar-refractivity contribution in [3.05, 3.63) is 40.2 Å². The standard InChI is InChI=1S/C15H13F3N2O3S/c1-8-19-12(7-24-8)9-3-2-4-10(5-9)13(21)20-11(14(22)23)6-15(16,17)18/h2-5,7,11H,6H2,1H3,(H,20,21)(H,22,23). The molecule has 0 bridgehead atoms. The third kappa shape index (κ3) is 4.79. The summed E-state index contributed by atoms with van der Waals surface area (Å²) in [4.78, 5) is 27.2. The maximum atomic E-state index is 12.4. The van der Waals surface area contributed by atoms with E-state index in [9.17, 15) is 22.8 Å². The van der Waals surface area contributed by atoms with Crippen molar-refractivity contribution in [3.8, 4) is 11.3 Å². The number of carboxylic acid groups (broad SMARTS) is 1. The number of rotatable bonds is 5. The van der Waals surface area contributed by atoms with Crippen molar-refractivity contribution in [1.82, 2.24) is 10.3 Å². The van der Waals surface area contributed by atoms with Crippen LogP contribution >= 0.6 is 11.3 Å². The number of hydrogen-bond acceptors (Lipinski definition) is 4. The van der Waals surface area contributed by atoms with Gasteiger partial charge < -0.3 is 10.4 Å². The highest BCUT2D eigenvalue weighted by Gasteiger charge is 2.36. The summed E-state index contributed by atoms with van der Waals surface area (Å²) < 4.78 is 37.2. The van der Waals surface area contributed by atoms with Crippen LogP contribution in [0.3, 0.4) is 0 Å². The Morgan fingerprint density at radius 2 is 2.08 bits per heavy atom. The Morgan fingerprint density at radius 3 is 2.62 bits per heavy atom. The van der Waals surface area contributed by atoms with Crippen molar-refractivity contribution in [2.24, 2.45) is 0 Å². The predicted octanol–water partition coefficient (Wildman–Crippen LogP) is 3.25. The molecule has 2 N–H and O–H groups in total. The summed E-state index contributed by atoms with van der Waals surface area (Å²) in [6.07, 6.45) is -6.34. The van der Waals surface area contributed by atoms with Gasteiger partial charge in [0.25, 0.3) is 5.91 Å². The van der Waals surface area contributed by atoms with E-state index in [1.165, 1.54) is 23.5 Å². The van der Waals surface area contributed by atoms with E-state index < -0.39 is 30.5 Å². The first-order valence-electron chi connectivity index (χ1n) is 6.79. The molecule has 1 aromatic heterocycles. The predicted molar refractivity (Wildman–Crippen MR) is 81.8 cm³/mol. The highest BCUT2D eigenvalue weighted by molar-refractivity contribution is 7.09. The molecule has 0 aliphatic rings. The molecule has 0 fully saturated rings. The molecule has 5 nitrogen and oxygen atoms in total. The number of aromatic nitrogens is 1. The quantitative estimate of drug-likeness (QED) is 0.860. The number of benzene rings is 1. The fourth-order valence-electron chi connectivity index (χ4n) is 1.99. The van der Waals surface area contributed by atoms with Crippen LogP contribution in [-0.2, 0) is 4.79 Å². The number of nitrogens with zero attached hydrogens (tertiary/aromatic N) is 1. The van der Waals surface area contributed by atoms with Gasteiger partial charge in [-0.3, -0.25) is 4.79 Å². The SMILES string of the molecule is Cc1nc(-c2cccc(C(=O)NC(CC(F)(F)F)C(=O)O)c2)cs1. The Labute approximate surface area is 139 Å². The smallest absolute Gasteiger partial charge is 0.391 e. The molecule has 1 aromatic carbocycles. The van der Waals surface area contributed by atoms with Gasteiger partial charge in [-0.1, -0.05) is 12.1 Å². The zero-order valence-corrected chi connectivity index (χ0v) is 13.2. The van der Waals surface area contributed by atoms with Crippen LogP contribution in [0.2, 0.25) is 0 Å². The molecule has 1 atom stereocenters. The summed E-state index contributed by atoms with van der Waals surface area (Å²) >= 11 is 1.42. The molecule has 1 heterocycles. The Bertz CT molecular complexity index is 758. The molecule has 0 saturated heterocycles. The van der Waals surface area contributed by atoms with Gasteiger partial charge in [0.2, 0.25) is 0 Å². The molecule has 1 amide bonds. The number of nitrogens with one attached hydrogen (secondary N) is 1. The van der Waals surface area contributed by atoms with E-state index in [1.54, 1.807) is 17.5 Å². The first-order chi connectivity index (χ1) is 11.2. The number of hydrogen-bond donors (Lipinski definition) is 2. The van der Waals surface area contributed by atoms with Crippen LogP contribution in [0.15, 0.2) is 29.6 Å². The second kappa shape index (κ2) is 7.00. The number of carbonyl (C=O) groups excluding carboxylic acids is 1. The highest BCUT2D eigenvalue weighted by Crippen LogP contribution is 2.24. The lowest BCUT2D eigenvalue weighted by molar-refractivity contribution is -0.157. The van der Waals surface area contributed by atoms with Gasteiger partial charge in [0, 0.05) is 16.5 Å². The minimum atomic E-state index is -4.70. The van der Waals surface area contributed by atoms with Crippen LogP contribution in [0.25, 0.3) is 11.3 Å². The molecule has 0 radical (unpaired) electrons. The number of aryl methyl sites for hydroxylation is 1. The Kier molecular flexibility index (Phi) is 5.23. The second-order valence-corrected chi connectivity index (χ2v) is 6.08. The van der Waals surface area contributed by atoms with Gasteiger partial charge in [0.15, 0.2) is 0 Å². The summed E-state index contributed by atoms with van der Waals surface area (Å²) in [5.74, 6) is -2.63. The summed E-state index contributed by atoms with van der Waals surface area (Å²) in [5.41, 5.74) is 1.32. The zero-order chi connectivity index (χ0) is 17.9. The summed E-state index contributed by atoms with van der Waals surface area (Å²) in [7, 11) is 0. The molecule has 9 heteroatoms.